The Morgan fingerprint density at radius 3 is 2.42 bits per heavy atom. The van der Waals surface area contributed by atoms with Gasteiger partial charge in [-0.05, 0) is 31.2 Å². The zero-order valence-electron chi connectivity index (χ0n) is 10.4. The SMILES string of the molecule is Cc1ccc(N2C(=O)OC2c2ccccc2O)cc1. The van der Waals surface area contributed by atoms with E-state index in [1.54, 1.807) is 24.3 Å². The Morgan fingerprint density at radius 1 is 1.11 bits per heavy atom. The van der Waals surface area contributed by atoms with Gasteiger partial charge in [-0.15, -0.1) is 0 Å². The third kappa shape index (κ3) is 1.91. The van der Waals surface area contributed by atoms with Gasteiger partial charge in [0.05, 0.1) is 11.3 Å². The molecular weight excluding hydrogens is 242 g/mol. The molecule has 0 bridgehead atoms. The summed E-state index contributed by atoms with van der Waals surface area (Å²) in [5.41, 5.74) is 2.47. The van der Waals surface area contributed by atoms with Crippen LogP contribution in [0, 0.1) is 6.92 Å². The van der Waals surface area contributed by atoms with Crippen molar-refractivity contribution < 1.29 is 14.6 Å². The molecule has 2 aromatic rings. The Morgan fingerprint density at radius 2 is 1.79 bits per heavy atom. The van der Waals surface area contributed by atoms with Crippen LogP contribution in [0.3, 0.4) is 0 Å². The summed E-state index contributed by atoms with van der Waals surface area (Å²) in [6.45, 7) is 1.98. The number of phenolic OH excluding ortho intramolecular Hbond substituents is 1. The van der Waals surface area contributed by atoms with Crippen molar-refractivity contribution in [2.24, 2.45) is 0 Å². The summed E-state index contributed by atoms with van der Waals surface area (Å²) in [4.78, 5) is 13.2. The van der Waals surface area contributed by atoms with Gasteiger partial charge in [0.25, 0.3) is 0 Å². The standard InChI is InChI=1S/C15H13NO3/c1-10-6-8-11(9-7-10)16-14(19-15(16)18)12-4-2-3-5-13(12)17/h2-9,14,17H,1H3. The molecule has 0 radical (unpaired) electrons. The van der Waals surface area contributed by atoms with Gasteiger partial charge in [-0.1, -0.05) is 29.8 Å². The second-order valence-electron chi connectivity index (χ2n) is 4.50. The van der Waals surface area contributed by atoms with Gasteiger partial charge >= 0.3 is 6.09 Å². The van der Waals surface area contributed by atoms with Crippen LogP contribution in [-0.2, 0) is 4.74 Å². The maximum absolute atomic E-state index is 11.6. The number of aromatic hydroxyl groups is 1. The molecule has 1 aliphatic heterocycles. The topological polar surface area (TPSA) is 49.8 Å². The van der Waals surface area contributed by atoms with Crippen LogP contribution in [0.2, 0.25) is 0 Å². The highest BCUT2D eigenvalue weighted by Gasteiger charge is 2.41. The van der Waals surface area contributed by atoms with E-state index >= 15 is 0 Å². The molecule has 1 fully saturated rings. The number of aryl methyl sites for hydroxylation is 1. The number of ether oxygens (including phenoxy) is 1. The van der Waals surface area contributed by atoms with Gasteiger partial charge in [0.1, 0.15) is 5.75 Å². The summed E-state index contributed by atoms with van der Waals surface area (Å²) in [6.07, 6.45) is -0.964. The van der Waals surface area contributed by atoms with Crippen molar-refractivity contribution in [1.29, 1.82) is 0 Å². The molecule has 2 aromatic carbocycles. The van der Waals surface area contributed by atoms with E-state index in [0.717, 1.165) is 11.3 Å². The second-order valence-corrected chi connectivity index (χ2v) is 4.50. The highest BCUT2D eigenvalue weighted by Crippen LogP contribution is 2.40. The summed E-state index contributed by atoms with van der Waals surface area (Å²) in [7, 11) is 0. The number of cyclic esters (lactones) is 1. The zero-order chi connectivity index (χ0) is 13.4. The fraction of sp³-hybridized carbons (Fsp3) is 0.133. The van der Waals surface area contributed by atoms with Gasteiger partial charge < -0.3 is 9.84 Å². The molecule has 1 saturated heterocycles. The second kappa shape index (κ2) is 4.31. The lowest BCUT2D eigenvalue weighted by atomic mass is 10.1. The van der Waals surface area contributed by atoms with Crippen LogP contribution in [0.1, 0.15) is 17.4 Å². The Labute approximate surface area is 110 Å². The lowest BCUT2D eigenvalue weighted by Crippen LogP contribution is -2.48. The number of anilines is 1. The van der Waals surface area contributed by atoms with Crippen LogP contribution < -0.4 is 4.90 Å². The van der Waals surface area contributed by atoms with Crippen molar-refractivity contribution in [2.75, 3.05) is 4.90 Å². The number of para-hydroxylation sites is 1. The molecule has 96 valence electrons. The summed E-state index contributed by atoms with van der Waals surface area (Å²) in [6, 6.07) is 14.4. The lowest BCUT2D eigenvalue weighted by molar-refractivity contribution is 0.0417. The van der Waals surface area contributed by atoms with E-state index in [2.05, 4.69) is 0 Å². The predicted molar refractivity (Wildman–Crippen MR) is 71.0 cm³/mol. The molecule has 1 unspecified atom stereocenters. The van der Waals surface area contributed by atoms with Crippen LogP contribution >= 0.6 is 0 Å². The van der Waals surface area contributed by atoms with E-state index in [-0.39, 0.29) is 5.75 Å². The van der Waals surface area contributed by atoms with Crippen LogP contribution in [0.4, 0.5) is 10.5 Å². The van der Waals surface area contributed by atoms with Crippen LogP contribution in [0.25, 0.3) is 0 Å². The summed E-state index contributed by atoms with van der Waals surface area (Å²) >= 11 is 0. The number of hydrogen-bond acceptors (Lipinski definition) is 3. The average molecular weight is 255 g/mol. The number of carbonyl (C=O) groups excluding carboxylic acids is 1. The molecule has 1 amide bonds. The van der Waals surface area contributed by atoms with Crippen molar-refractivity contribution in [3.05, 3.63) is 59.7 Å². The molecule has 1 N–H and O–H groups in total. The van der Waals surface area contributed by atoms with Crippen LogP contribution in [0.5, 0.6) is 5.75 Å². The average Bonchev–Trinajstić information content (AvgIpc) is 2.39. The minimum absolute atomic E-state index is 0.122. The van der Waals surface area contributed by atoms with Crippen molar-refractivity contribution in [1.82, 2.24) is 0 Å². The van der Waals surface area contributed by atoms with E-state index in [9.17, 15) is 9.90 Å². The zero-order valence-corrected chi connectivity index (χ0v) is 10.4. The van der Waals surface area contributed by atoms with Gasteiger partial charge in [-0.2, -0.15) is 0 Å². The van der Waals surface area contributed by atoms with Crippen molar-refractivity contribution in [2.45, 2.75) is 13.2 Å². The fourth-order valence-electron chi connectivity index (χ4n) is 2.10. The molecule has 0 aliphatic carbocycles. The smallest absolute Gasteiger partial charge is 0.419 e. The Kier molecular flexibility index (Phi) is 2.63. The molecule has 4 nitrogen and oxygen atoms in total. The molecule has 1 atom stereocenters. The first-order valence-electron chi connectivity index (χ1n) is 6.01. The number of hydrogen-bond donors (Lipinski definition) is 1. The highest BCUT2D eigenvalue weighted by molar-refractivity contribution is 5.93. The molecule has 3 rings (SSSR count). The number of nitrogens with zero attached hydrogens (tertiary/aromatic N) is 1. The fourth-order valence-corrected chi connectivity index (χ4v) is 2.10. The monoisotopic (exact) mass is 255 g/mol. The largest absolute Gasteiger partial charge is 0.507 e. The van der Waals surface area contributed by atoms with Crippen LogP contribution in [-0.4, -0.2) is 11.2 Å². The molecule has 19 heavy (non-hydrogen) atoms. The predicted octanol–water partition coefficient (Wildman–Crippen LogP) is 3.36. The van der Waals surface area contributed by atoms with Crippen molar-refractivity contribution in [3.8, 4) is 5.75 Å². The first-order chi connectivity index (χ1) is 9.16. The highest BCUT2D eigenvalue weighted by atomic mass is 16.6. The van der Waals surface area contributed by atoms with Gasteiger partial charge in [0.2, 0.25) is 6.23 Å². The van der Waals surface area contributed by atoms with E-state index in [4.69, 9.17) is 4.74 Å². The van der Waals surface area contributed by atoms with Crippen molar-refractivity contribution in [3.63, 3.8) is 0 Å². The quantitative estimate of drug-likeness (QED) is 0.895. The summed E-state index contributed by atoms with van der Waals surface area (Å²) < 4.78 is 5.13. The minimum Gasteiger partial charge on any atom is -0.507 e. The molecule has 1 heterocycles. The third-order valence-corrected chi connectivity index (χ3v) is 3.16. The maximum atomic E-state index is 11.6. The van der Waals surface area contributed by atoms with Gasteiger partial charge in [-0.25, -0.2) is 9.69 Å². The van der Waals surface area contributed by atoms with E-state index < -0.39 is 12.3 Å². The minimum atomic E-state index is -0.559. The van der Waals surface area contributed by atoms with Crippen LogP contribution in [0.15, 0.2) is 48.5 Å². The van der Waals surface area contributed by atoms with Gasteiger partial charge in [-0.3, -0.25) is 0 Å². The van der Waals surface area contributed by atoms with E-state index in [1.165, 1.54) is 4.90 Å². The normalized spacial score (nSPS) is 17.8. The lowest BCUT2D eigenvalue weighted by Gasteiger charge is -2.39. The molecule has 4 heteroatoms. The Balaban J connectivity index is 1.95. The Hall–Kier alpha value is -2.49. The number of carbonyl (C=O) groups is 1. The number of rotatable bonds is 2. The molecule has 0 spiro atoms. The number of phenols is 1. The third-order valence-electron chi connectivity index (χ3n) is 3.16. The number of benzene rings is 2. The first-order valence-corrected chi connectivity index (χ1v) is 6.01. The first kappa shape index (κ1) is 11.6. The molecular formula is C15H13NO3. The summed E-state index contributed by atoms with van der Waals surface area (Å²) in [5.74, 6) is 0.122. The van der Waals surface area contributed by atoms with Gasteiger partial charge in [0.15, 0.2) is 0 Å². The molecule has 0 aromatic heterocycles. The molecule has 1 aliphatic rings. The van der Waals surface area contributed by atoms with E-state index in [1.807, 2.05) is 31.2 Å². The maximum Gasteiger partial charge on any atom is 0.419 e. The summed E-state index contributed by atoms with van der Waals surface area (Å²) in [5, 5.41) is 9.82. The van der Waals surface area contributed by atoms with Crippen molar-refractivity contribution >= 4 is 11.8 Å². The number of amides is 1. The Bertz CT molecular complexity index is 622. The molecule has 0 saturated carbocycles. The van der Waals surface area contributed by atoms with Gasteiger partial charge in [0, 0.05) is 0 Å². The van der Waals surface area contributed by atoms with E-state index in [0.29, 0.717) is 5.56 Å².